The highest BCUT2D eigenvalue weighted by Crippen LogP contribution is 2.09. The average molecular weight is 232 g/mol. The fourth-order valence-electron chi connectivity index (χ4n) is 1.36. The summed E-state index contributed by atoms with van der Waals surface area (Å²) in [6.07, 6.45) is 1.22. The first-order valence-electron chi connectivity index (χ1n) is 4.66. The number of rotatable bonds is 3. The van der Waals surface area contributed by atoms with Crippen molar-refractivity contribution in [1.29, 1.82) is 0 Å². The Morgan fingerprint density at radius 1 is 1.29 bits per heavy atom. The molecular weight excluding hydrogens is 224 g/mol. The number of hydrogen-bond donors (Lipinski definition) is 2. The molecule has 0 aliphatic rings. The van der Waals surface area contributed by atoms with E-state index in [9.17, 15) is 4.79 Å². The molecule has 0 spiro atoms. The maximum atomic E-state index is 10.9. The van der Waals surface area contributed by atoms with Crippen LogP contribution in [0.15, 0.2) is 41.7 Å². The molecule has 86 valence electrons. The third-order valence-corrected chi connectivity index (χ3v) is 2.10. The minimum Gasteiger partial charge on any atom is -0.476 e. The summed E-state index contributed by atoms with van der Waals surface area (Å²) in [5.74, 6) is -1.35. The van der Waals surface area contributed by atoms with Gasteiger partial charge in [-0.05, 0) is 12.1 Å². The highest BCUT2D eigenvalue weighted by molar-refractivity contribution is 6.41. The van der Waals surface area contributed by atoms with Crippen LogP contribution in [0.25, 0.3) is 5.69 Å². The molecule has 0 aliphatic heterocycles. The molecule has 0 saturated heterocycles. The van der Waals surface area contributed by atoms with Crippen molar-refractivity contribution in [3.05, 3.63) is 42.2 Å². The number of aliphatic carboxylic acids is 1. The average Bonchev–Trinajstić information content (AvgIpc) is 2.80. The topological polar surface area (TPSA) is 101 Å². The van der Waals surface area contributed by atoms with Crippen LogP contribution in [-0.4, -0.2) is 37.0 Å². The first-order chi connectivity index (χ1) is 8.24. The van der Waals surface area contributed by atoms with Gasteiger partial charge in [-0.15, -0.1) is 5.10 Å². The van der Waals surface area contributed by atoms with Crippen LogP contribution in [0.3, 0.4) is 0 Å². The fourth-order valence-corrected chi connectivity index (χ4v) is 1.36. The largest absolute Gasteiger partial charge is 0.476 e. The molecule has 0 amide bonds. The zero-order chi connectivity index (χ0) is 12.3. The zero-order valence-electron chi connectivity index (χ0n) is 8.56. The van der Waals surface area contributed by atoms with Gasteiger partial charge in [-0.1, -0.05) is 28.6 Å². The molecule has 17 heavy (non-hydrogen) atoms. The van der Waals surface area contributed by atoms with Gasteiger partial charge in [-0.25, -0.2) is 9.48 Å². The number of carbonyl (C=O) groups is 1. The van der Waals surface area contributed by atoms with Gasteiger partial charge in [0.1, 0.15) is 5.69 Å². The van der Waals surface area contributed by atoms with Crippen LogP contribution in [0.4, 0.5) is 0 Å². The molecule has 2 N–H and O–H groups in total. The van der Waals surface area contributed by atoms with Crippen LogP contribution in [-0.2, 0) is 4.79 Å². The lowest BCUT2D eigenvalue weighted by Crippen LogP contribution is -2.18. The van der Waals surface area contributed by atoms with E-state index in [0.29, 0.717) is 5.69 Å². The number of nitrogens with zero attached hydrogens (tertiary/aromatic N) is 4. The molecule has 0 unspecified atom stereocenters. The summed E-state index contributed by atoms with van der Waals surface area (Å²) in [6.45, 7) is 0. The van der Waals surface area contributed by atoms with Gasteiger partial charge in [0.2, 0.25) is 5.71 Å². The van der Waals surface area contributed by atoms with E-state index in [1.165, 1.54) is 10.9 Å². The van der Waals surface area contributed by atoms with Gasteiger partial charge in [0.05, 0.1) is 11.9 Å². The molecule has 0 radical (unpaired) electrons. The number of para-hydroxylation sites is 1. The van der Waals surface area contributed by atoms with Crippen LogP contribution in [0, 0.1) is 0 Å². The van der Waals surface area contributed by atoms with Crippen molar-refractivity contribution in [2.75, 3.05) is 0 Å². The molecule has 7 nitrogen and oxygen atoms in total. The number of benzene rings is 1. The Labute approximate surface area is 95.6 Å². The molecule has 2 aromatic rings. The summed E-state index contributed by atoms with van der Waals surface area (Å²) in [5, 5.41) is 27.6. The van der Waals surface area contributed by atoms with E-state index in [4.69, 9.17) is 10.3 Å². The summed E-state index contributed by atoms with van der Waals surface area (Å²) in [7, 11) is 0. The Balaban J connectivity index is 2.53. The number of carboxylic acid groups (broad SMARTS) is 1. The van der Waals surface area contributed by atoms with E-state index in [0.717, 1.165) is 0 Å². The van der Waals surface area contributed by atoms with Crippen LogP contribution in [0.1, 0.15) is 5.69 Å². The second-order valence-corrected chi connectivity index (χ2v) is 3.12. The van der Waals surface area contributed by atoms with Crippen LogP contribution >= 0.6 is 0 Å². The number of hydrogen-bond acceptors (Lipinski definition) is 5. The van der Waals surface area contributed by atoms with E-state index < -0.39 is 11.7 Å². The highest BCUT2D eigenvalue weighted by atomic mass is 16.4. The lowest BCUT2D eigenvalue weighted by molar-refractivity contribution is -0.129. The van der Waals surface area contributed by atoms with Crippen molar-refractivity contribution < 1.29 is 15.1 Å². The summed E-state index contributed by atoms with van der Waals surface area (Å²) in [5.41, 5.74) is 0.215. The summed E-state index contributed by atoms with van der Waals surface area (Å²) < 4.78 is 1.28. The smallest absolute Gasteiger partial charge is 0.360 e. The third kappa shape index (κ3) is 1.98. The Kier molecular flexibility index (Phi) is 2.82. The molecule has 0 fully saturated rings. The number of oxime groups is 1. The van der Waals surface area contributed by atoms with Crippen molar-refractivity contribution in [3.8, 4) is 5.69 Å². The Bertz CT molecular complexity index is 562. The van der Waals surface area contributed by atoms with E-state index in [1.54, 1.807) is 24.3 Å². The van der Waals surface area contributed by atoms with Crippen molar-refractivity contribution in [3.63, 3.8) is 0 Å². The van der Waals surface area contributed by atoms with E-state index in [1.807, 2.05) is 6.07 Å². The van der Waals surface area contributed by atoms with Crippen LogP contribution in [0.5, 0.6) is 0 Å². The predicted octanol–water partition coefficient (Wildman–Crippen LogP) is 0.530. The molecule has 7 heteroatoms. The molecule has 2 rings (SSSR count). The second kappa shape index (κ2) is 4.44. The first kappa shape index (κ1) is 10.8. The van der Waals surface area contributed by atoms with Gasteiger partial charge in [-0.3, -0.25) is 0 Å². The maximum Gasteiger partial charge on any atom is 0.360 e. The number of carboxylic acids is 1. The summed E-state index contributed by atoms with van der Waals surface area (Å²) in [6, 6.07) is 8.83. The van der Waals surface area contributed by atoms with Crippen LogP contribution in [0.2, 0.25) is 0 Å². The molecule has 1 heterocycles. The third-order valence-electron chi connectivity index (χ3n) is 2.10. The fraction of sp³-hybridized carbons (Fsp3) is 0. The van der Waals surface area contributed by atoms with Gasteiger partial charge in [0.15, 0.2) is 0 Å². The second-order valence-electron chi connectivity index (χ2n) is 3.12. The minimum atomic E-state index is -1.35. The molecule has 1 aromatic heterocycles. The first-order valence-corrected chi connectivity index (χ1v) is 4.66. The molecule has 0 saturated carbocycles. The van der Waals surface area contributed by atoms with Gasteiger partial charge in [0, 0.05) is 0 Å². The Morgan fingerprint density at radius 2 is 2.00 bits per heavy atom. The normalized spacial score (nSPS) is 11.4. The summed E-state index contributed by atoms with van der Waals surface area (Å²) in [4.78, 5) is 10.9. The molecule has 0 aliphatic carbocycles. The van der Waals surface area contributed by atoms with Crippen LogP contribution < -0.4 is 0 Å². The van der Waals surface area contributed by atoms with Gasteiger partial charge < -0.3 is 10.3 Å². The van der Waals surface area contributed by atoms with E-state index in [-0.39, 0.29) is 5.69 Å². The monoisotopic (exact) mass is 232 g/mol. The quantitative estimate of drug-likeness (QED) is 0.456. The number of aromatic nitrogens is 3. The Morgan fingerprint density at radius 3 is 2.59 bits per heavy atom. The van der Waals surface area contributed by atoms with E-state index >= 15 is 0 Å². The minimum absolute atomic E-state index is 0.103. The lowest BCUT2D eigenvalue weighted by Gasteiger charge is -2.04. The highest BCUT2D eigenvalue weighted by Gasteiger charge is 2.19. The van der Waals surface area contributed by atoms with Crippen molar-refractivity contribution >= 4 is 11.7 Å². The molecule has 0 atom stereocenters. The molecule has 0 bridgehead atoms. The maximum absolute atomic E-state index is 10.9. The standard InChI is InChI=1S/C10H8N4O3/c15-10(16)9(12-17)8-6-11-13-14(8)7-4-2-1-3-5-7/h1-6,17H,(H,15,16)/b12-9-. The van der Waals surface area contributed by atoms with Crippen molar-refractivity contribution in [2.24, 2.45) is 5.16 Å². The SMILES string of the molecule is O=C(O)/C(=N\O)c1cnnn1-c1ccccc1. The van der Waals surface area contributed by atoms with Crippen molar-refractivity contribution in [1.82, 2.24) is 15.0 Å². The van der Waals surface area contributed by atoms with Crippen molar-refractivity contribution in [2.45, 2.75) is 0 Å². The predicted molar refractivity (Wildman–Crippen MR) is 57.3 cm³/mol. The summed E-state index contributed by atoms with van der Waals surface area (Å²) >= 11 is 0. The van der Waals surface area contributed by atoms with Gasteiger partial charge in [-0.2, -0.15) is 0 Å². The van der Waals surface area contributed by atoms with Gasteiger partial charge in [0.25, 0.3) is 0 Å². The van der Waals surface area contributed by atoms with E-state index in [2.05, 4.69) is 15.5 Å². The Hall–Kier alpha value is -2.70. The lowest BCUT2D eigenvalue weighted by atomic mass is 10.2. The molecule has 1 aromatic carbocycles. The zero-order valence-corrected chi connectivity index (χ0v) is 8.56. The van der Waals surface area contributed by atoms with Gasteiger partial charge >= 0.3 is 5.97 Å². The molecular formula is C10H8N4O3.